The van der Waals surface area contributed by atoms with Crippen molar-refractivity contribution in [3.05, 3.63) is 35.4 Å². The second-order valence-electron chi connectivity index (χ2n) is 9.29. The number of allylic oxidation sites excluding steroid dienone is 2. The van der Waals surface area contributed by atoms with Crippen LogP contribution in [0.4, 0.5) is 0 Å². The highest BCUT2D eigenvalue weighted by molar-refractivity contribution is 5.43. The summed E-state index contributed by atoms with van der Waals surface area (Å²) in [6.45, 7) is 13.9. The second kappa shape index (κ2) is 8.56. The average Bonchev–Trinajstić information content (AvgIpc) is 3.25. The predicted octanol–water partition coefficient (Wildman–Crippen LogP) is 5.71. The molecule has 0 unspecified atom stereocenters. The minimum atomic E-state index is -0.720. The Morgan fingerprint density at radius 3 is 2.28 bits per heavy atom. The lowest BCUT2D eigenvalue weighted by Crippen LogP contribution is -2.27. The first-order valence-corrected chi connectivity index (χ1v) is 10.2. The van der Waals surface area contributed by atoms with Crippen molar-refractivity contribution >= 4 is 0 Å². The summed E-state index contributed by atoms with van der Waals surface area (Å²) in [4.78, 5) is 0. The monoisotopic (exact) mass is 394 g/mol. The SMILES string of the molecule is C#CC(C)(C)Oc1ccc(C/C=C(\C)CC[C@H]2OC2(C)C)c(OC(C)(C)C#C)c1. The van der Waals surface area contributed by atoms with Gasteiger partial charge in [0.25, 0.3) is 0 Å². The van der Waals surface area contributed by atoms with Gasteiger partial charge < -0.3 is 14.2 Å². The van der Waals surface area contributed by atoms with Gasteiger partial charge in [-0.2, -0.15) is 0 Å². The van der Waals surface area contributed by atoms with Gasteiger partial charge in [-0.25, -0.2) is 0 Å². The molecule has 0 aromatic heterocycles. The third-order valence-corrected chi connectivity index (χ3v) is 5.11. The zero-order chi connectivity index (χ0) is 21.9. The van der Waals surface area contributed by atoms with Crippen molar-refractivity contribution in [1.29, 1.82) is 0 Å². The van der Waals surface area contributed by atoms with E-state index in [2.05, 4.69) is 38.7 Å². The van der Waals surface area contributed by atoms with E-state index in [1.807, 2.05) is 45.9 Å². The smallest absolute Gasteiger partial charge is 0.163 e. The molecule has 2 rings (SSSR count). The van der Waals surface area contributed by atoms with Gasteiger partial charge in [0.1, 0.15) is 11.5 Å². The molecule has 1 aliphatic rings. The highest BCUT2D eigenvalue weighted by Gasteiger charge is 2.46. The van der Waals surface area contributed by atoms with Gasteiger partial charge in [-0.3, -0.25) is 0 Å². The summed E-state index contributed by atoms with van der Waals surface area (Å²) in [5, 5.41) is 0. The van der Waals surface area contributed by atoms with E-state index in [0.717, 1.165) is 24.8 Å². The third kappa shape index (κ3) is 6.88. The first-order valence-electron chi connectivity index (χ1n) is 10.2. The van der Waals surface area contributed by atoms with E-state index in [9.17, 15) is 0 Å². The molecule has 1 aromatic rings. The molecule has 0 bridgehead atoms. The van der Waals surface area contributed by atoms with Crippen LogP contribution in [-0.2, 0) is 11.2 Å². The van der Waals surface area contributed by atoms with Gasteiger partial charge >= 0.3 is 0 Å². The van der Waals surface area contributed by atoms with E-state index in [1.165, 1.54) is 5.57 Å². The summed E-state index contributed by atoms with van der Waals surface area (Å²) in [6, 6.07) is 5.81. The van der Waals surface area contributed by atoms with Crippen molar-refractivity contribution in [1.82, 2.24) is 0 Å². The Bertz CT molecular complexity index is 844. The number of hydrogen-bond acceptors (Lipinski definition) is 3. The molecule has 0 aliphatic carbocycles. The normalized spacial score (nSPS) is 18.5. The number of rotatable bonds is 9. The maximum atomic E-state index is 6.12. The Kier molecular flexibility index (Phi) is 6.77. The molecule has 1 atom stereocenters. The van der Waals surface area contributed by atoms with Crippen LogP contribution in [0.1, 0.15) is 66.9 Å². The molecule has 1 fully saturated rings. The second-order valence-corrected chi connectivity index (χ2v) is 9.29. The molecule has 0 amide bonds. The van der Waals surface area contributed by atoms with Crippen molar-refractivity contribution in [2.24, 2.45) is 0 Å². The van der Waals surface area contributed by atoms with Crippen molar-refractivity contribution < 1.29 is 14.2 Å². The Balaban J connectivity index is 2.15. The zero-order valence-corrected chi connectivity index (χ0v) is 18.9. The van der Waals surface area contributed by atoms with Crippen LogP contribution in [-0.4, -0.2) is 22.9 Å². The van der Waals surface area contributed by atoms with E-state index in [1.54, 1.807) is 0 Å². The molecule has 1 aliphatic heterocycles. The standard InChI is InChI=1S/C26H34O3/c1-10-24(4,5)27-21-16-15-20(22(18-21)28-25(6,7)11-2)14-12-19(3)13-17-23-26(8,9)29-23/h1-2,12,15-16,18,23H,13-14,17H2,3-9H3/b19-12+/t23-/m1/s1. The Hall–Kier alpha value is -2.36. The third-order valence-electron chi connectivity index (χ3n) is 5.11. The first kappa shape index (κ1) is 22.9. The summed E-state index contributed by atoms with van der Waals surface area (Å²) in [7, 11) is 0. The molecule has 1 saturated heterocycles. The number of terminal acetylenes is 2. The quantitative estimate of drug-likeness (QED) is 0.305. The predicted molar refractivity (Wildman–Crippen MR) is 119 cm³/mol. The van der Waals surface area contributed by atoms with E-state index in [-0.39, 0.29) is 5.60 Å². The fraction of sp³-hybridized carbons (Fsp3) is 0.538. The molecule has 29 heavy (non-hydrogen) atoms. The largest absolute Gasteiger partial charge is 0.475 e. The molecule has 3 nitrogen and oxygen atoms in total. The maximum absolute atomic E-state index is 6.12. The van der Waals surface area contributed by atoms with Gasteiger partial charge in [0.2, 0.25) is 0 Å². The minimum absolute atomic E-state index is 0.0457. The molecule has 0 saturated carbocycles. The first-order chi connectivity index (χ1) is 13.4. The topological polar surface area (TPSA) is 31.0 Å². The summed E-state index contributed by atoms with van der Waals surface area (Å²) in [5.74, 6) is 6.70. The van der Waals surface area contributed by atoms with Gasteiger partial charge in [0.05, 0.1) is 11.7 Å². The van der Waals surface area contributed by atoms with E-state index < -0.39 is 11.2 Å². The molecule has 0 spiro atoms. The Morgan fingerprint density at radius 2 is 1.72 bits per heavy atom. The summed E-state index contributed by atoms with van der Waals surface area (Å²) in [5.41, 5.74) is 1.02. The van der Waals surface area contributed by atoms with Crippen molar-refractivity contribution in [3.8, 4) is 36.2 Å². The molecule has 0 N–H and O–H groups in total. The molecule has 3 heteroatoms. The number of epoxide rings is 1. The number of benzene rings is 1. The van der Waals surface area contributed by atoms with E-state index in [4.69, 9.17) is 27.1 Å². The summed E-state index contributed by atoms with van der Waals surface area (Å²) in [6.07, 6.45) is 16.6. The van der Waals surface area contributed by atoms with Crippen LogP contribution in [0.15, 0.2) is 29.8 Å². The fourth-order valence-electron chi connectivity index (χ4n) is 2.97. The van der Waals surface area contributed by atoms with Gasteiger partial charge in [0.15, 0.2) is 11.2 Å². The molecule has 1 heterocycles. The molecule has 1 aromatic carbocycles. The minimum Gasteiger partial charge on any atom is -0.475 e. The average molecular weight is 395 g/mol. The van der Waals surface area contributed by atoms with Crippen LogP contribution in [0.25, 0.3) is 0 Å². The van der Waals surface area contributed by atoms with Crippen LogP contribution >= 0.6 is 0 Å². The van der Waals surface area contributed by atoms with Gasteiger partial charge in [-0.15, -0.1) is 12.8 Å². The molecule has 156 valence electrons. The van der Waals surface area contributed by atoms with Gasteiger partial charge in [-0.1, -0.05) is 29.6 Å². The van der Waals surface area contributed by atoms with Crippen molar-refractivity contribution in [2.45, 2.75) is 90.6 Å². The summed E-state index contributed by atoms with van der Waals surface area (Å²) >= 11 is 0. The van der Waals surface area contributed by atoms with Crippen LogP contribution in [0.5, 0.6) is 11.5 Å². The lowest BCUT2D eigenvalue weighted by atomic mass is 10.0. The van der Waals surface area contributed by atoms with Crippen LogP contribution < -0.4 is 9.47 Å². The highest BCUT2D eigenvalue weighted by atomic mass is 16.6. The zero-order valence-electron chi connectivity index (χ0n) is 18.9. The summed E-state index contributed by atoms with van der Waals surface area (Å²) < 4.78 is 17.7. The van der Waals surface area contributed by atoms with E-state index in [0.29, 0.717) is 17.6 Å². The fourth-order valence-corrected chi connectivity index (χ4v) is 2.97. The van der Waals surface area contributed by atoms with Gasteiger partial charge in [-0.05, 0) is 79.4 Å². The lowest BCUT2D eigenvalue weighted by Gasteiger charge is -2.25. The van der Waals surface area contributed by atoms with Crippen LogP contribution in [0, 0.1) is 24.7 Å². The number of ether oxygens (including phenoxy) is 3. The van der Waals surface area contributed by atoms with Crippen LogP contribution in [0.3, 0.4) is 0 Å². The maximum Gasteiger partial charge on any atom is 0.163 e. The molecular weight excluding hydrogens is 360 g/mol. The molecular formula is C26H34O3. The lowest BCUT2D eigenvalue weighted by molar-refractivity contribution is 0.160. The van der Waals surface area contributed by atoms with Crippen molar-refractivity contribution in [3.63, 3.8) is 0 Å². The van der Waals surface area contributed by atoms with Gasteiger partial charge in [0, 0.05) is 6.07 Å². The Morgan fingerprint density at radius 1 is 1.14 bits per heavy atom. The highest BCUT2D eigenvalue weighted by Crippen LogP contribution is 2.39. The van der Waals surface area contributed by atoms with Crippen LogP contribution in [0.2, 0.25) is 0 Å². The molecule has 0 radical (unpaired) electrons. The Labute approximate surface area is 176 Å². The van der Waals surface area contributed by atoms with E-state index >= 15 is 0 Å². The number of hydrogen-bond donors (Lipinski definition) is 0. The van der Waals surface area contributed by atoms with Crippen molar-refractivity contribution in [2.75, 3.05) is 0 Å².